The minimum atomic E-state index is -0.346. The first kappa shape index (κ1) is 15.5. The molecular weight excluding hydrogens is 243 g/mol. The van der Waals surface area contributed by atoms with Gasteiger partial charge >= 0.3 is 0 Å². The molecule has 4 heteroatoms. The summed E-state index contributed by atoms with van der Waals surface area (Å²) < 4.78 is 19.1. The third-order valence-corrected chi connectivity index (χ3v) is 2.96. The molecule has 0 saturated heterocycles. The first-order chi connectivity index (χ1) is 9.17. The highest BCUT2D eigenvalue weighted by Crippen LogP contribution is 2.19. The molecule has 0 spiro atoms. The van der Waals surface area contributed by atoms with Crippen molar-refractivity contribution in [2.75, 3.05) is 6.61 Å². The predicted molar refractivity (Wildman–Crippen MR) is 73.3 cm³/mol. The standard InChI is InChI=1S/C15H21FN2O/c1-2-13(18)10-12-6-7-15(14(16)11-12)19-9-5-3-4-8-17/h6-7,11,13H,2-5,9-10,18H2,1H3. The molecule has 2 N–H and O–H groups in total. The van der Waals surface area contributed by atoms with Crippen molar-refractivity contribution in [3.63, 3.8) is 0 Å². The Bertz CT molecular complexity index is 429. The van der Waals surface area contributed by atoms with Crippen LogP contribution in [0.25, 0.3) is 0 Å². The van der Waals surface area contributed by atoms with Crippen LogP contribution in [0, 0.1) is 17.1 Å². The molecule has 0 aliphatic carbocycles. The van der Waals surface area contributed by atoms with Crippen molar-refractivity contribution in [1.82, 2.24) is 0 Å². The number of rotatable bonds is 8. The van der Waals surface area contributed by atoms with E-state index in [2.05, 4.69) is 6.07 Å². The number of nitrogens with two attached hydrogens (primary N) is 1. The lowest BCUT2D eigenvalue weighted by molar-refractivity contribution is 0.292. The minimum absolute atomic E-state index is 0.0668. The molecule has 0 heterocycles. The third-order valence-electron chi connectivity index (χ3n) is 2.96. The molecule has 0 aromatic heterocycles. The fourth-order valence-corrected chi connectivity index (χ4v) is 1.72. The van der Waals surface area contributed by atoms with Gasteiger partial charge < -0.3 is 10.5 Å². The van der Waals surface area contributed by atoms with Gasteiger partial charge in [-0.25, -0.2) is 4.39 Å². The molecule has 0 fully saturated rings. The molecule has 1 aromatic carbocycles. The topological polar surface area (TPSA) is 59.0 Å². The molecule has 1 aromatic rings. The third kappa shape index (κ3) is 5.71. The minimum Gasteiger partial charge on any atom is -0.491 e. The van der Waals surface area contributed by atoms with Crippen molar-refractivity contribution >= 4 is 0 Å². The Kier molecular flexibility index (Phi) is 6.91. The van der Waals surface area contributed by atoms with Gasteiger partial charge in [-0.2, -0.15) is 5.26 Å². The van der Waals surface area contributed by atoms with Crippen molar-refractivity contribution in [2.24, 2.45) is 5.73 Å². The summed E-state index contributed by atoms with van der Waals surface area (Å²) in [6.07, 6.45) is 3.60. The lowest BCUT2D eigenvalue weighted by atomic mass is 10.0. The van der Waals surface area contributed by atoms with Crippen LogP contribution in [0.2, 0.25) is 0 Å². The second kappa shape index (κ2) is 8.49. The van der Waals surface area contributed by atoms with E-state index < -0.39 is 0 Å². The van der Waals surface area contributed by atoms with Crippen molar-refractivity contribution in [1.29, 1.82) is 5.26 Å². The van der Waals surface area contributed by atoms with Crippen LogP contribution in [0.5, 0.6) is 5.75 Å². The molecule has 3 nitrogen and oxygen atoms in total. The number of halogens is 1. The number of nitriles is 1. The van der Waals surface area contributed by atoms with Crippen LogP contribution in [0.4, 0.5) is 4.39 Å². The largest absolute Gasteiger partial charge is 0.491 e. The van der Waals surface area contributed by atoms with Crippen LogP contribution >= 0.6 is 0 Å². The van der Waals surface area contributed by atoms with E-state index in [-0.39, 0.29) is 17.6 Å². The number of benzene rings is 1. The number of nitrogens with zero attached hydrogens (tertiary/aromatic N) is 1. The maximum Gasteiger partial charge on any atom is 0.165 e. The summed E-state index contributed by atoms with van der Waals surface area (Å²) in [6.45, 7) is 2.45. The molecule has 19 heavy (non-hydrogen) atoms. The normalized spacial score (nSPS) is 11.9. The van der Waals surface area contributed by atoms with Crippen LogP contribution in [0.3, 0.4) is 0 Å². The Morgan fingerprint density at radius 1 is 1.42 bits per heavy atom. The van der Waals surface area contributed by atoms with E-state index in [0.717, 1.165) is 24.8 Å². The fraction of sp³-hybridized carbons (Fsp3) is 0.533. The van der Waals surface area contributed by atoms with E-state index in [1.807, 2.05) is 13.0 Å². The number of ether oxygens (including phenoxy) is 1. The van der Waals surface area contributed by atoms with Crippen molar-refractivity contribution in [3.05, 3.63) is 29.6 Å². The van der Waals surface area contributed by atoms with E-state index in [1.165, 1.54) is 6.07 Å². The van der Waals surface area contributed by atoms with Crippen molar-refractivity contribution < 1.29 is 9.13 Å². The van der Waals surface area contributed by atoms with Gasteiger partial charge in [0.2, 0.25) is 0 Å². The maximum atomic E-state index is 13.8. The zero-order chi connectivity index (χ0) is 14.1. The Balaban J connectivity index is 2.46. The molecule has 1 atom stereocenters. The smallest absolute Gasteiger partial charge is 0.165 e. The zero-order valence-corrected chi connectivity index (χ0v) is 11.4. The summed E-state index contributed by atoms with van der Waals surface area (Å²) >= 11 is 0. The van der Waals surface area contributed by atoms with Crippen LogP contribution in [-0.4, -0.2) is 12.6 Å². The lowest BCUT2D eigenvalue weighted by Gasteiger charge is -2.11. The monoisotopic (exact) mass is 264 g/mol. The van der Waals surface area contributed by atoms with Gasteiger partial charge in [-0.3, -0.25) is 0 Å². The molecule has 1 unspecified atom stereocenters. The summed E-state index contributed by atoms with van der Waals surface area (Å²) in [5.41, 5.74) is 6.73. The highest BCUT2D eigenvalue weighted by molar-refractivity contribution is 5.29. The van der Waals surface area contributed by atoms with E-state index in [1.54, 1.807) is 6.07 Å². The molecule has 0 amide bonds. The molecule has 0 aliphatic rings. The maximum absolute atomic E-state index is 13.8. The zero-order valence-electron chi connectivity index (χ0n) is 11.4. The van der Waals surface area contributed by atoms with E-state index in [0.29, 0.717) is 19.4 Å². The molecule has 1 rings (SSSR count). The summed E-state index contributed by atoms with van der Waals surface area (Å²) in [5.74, 6) is -0.0770. The van der Waals surface area contributed by atoms with E-state index >= 15 is 0 Å². The highest BCUT2D eigenvalue weighted by atomic mass is 19.1. The number of hydrogen-bond donors (Lipinski definition) is 1. The van der Waals surface area contributed by atoms with Gasteiger partial charge in [-0.05, 0) is 43.4 Å². The average molecular weight is 264 g/mol. The Hall–Kier alpha value is -1.60. The second-order valence-electron chi connectivity index (χ2n) is 4.60. The summed E-state index contributed by atoms with van der Waals surface area (Å²) in [4.78, 5) is 0. The van der Waals surface area contributed by atoms with Crippen molar-refractivity contribution in [2.45, 2.75) is 45.1 Å². The quantitative estimate of drug-likeness (QED) is 0.734. The van der Waals surface area contributed by atoms with Gasteiger partial charge in [0.15, 0.2) is 11.6 Å². The van der Waals surface area contributed by atoms with Crippen LogP contribution < -0.4 is 10.5 Å². The van der Waals surface area contributed by atoms with Crippen LogP contribution in [0.1, 0.15) is 38.2 Å². The molecule has 0 aliphatic heterocycles. The van der Waals surface area contributed by atoms with Gasteiger partial charge in [0.25, 0.3) is 0 Å². The van der Waals surface area contributed by atoms with Gasteiger partial charge in [-0.15, -0.1) is 0 Å². The Labute approximate surface area is 114 Å². The summed E-state index contributed by atoms with van der Waals surface area (Å²) in [5, 5.41) is 8.39. The molecular formula is C15H21FN2O. The number of unbranched alkanes of at least 4 members (excludes halogenated alkanes) is 2. The first-order valence-corrected chi connectivity index (χ1v) is 6.71. The number of hydrogen-bond acceptors (Lipinski definition) is 3. The summed E-state index contributed by atoms with van der Waals surface area (Å²) in [7, 11) is 0. The van der Waals surface area contributed by atoms with Crippen LogP contribution in [-0.2, 0) is 6.42 Å². The first-order valence-electron chi connectivity index (χ1n) is 6.71. The summed E-state index contributed by atoms with van der Waals surface area (Å²) in [6, 6.07) is 7.12. The van der Waals surface area contributed by atoms with Crippen LogP contribution in [0.15, 0.2) is 18.2 Å². The van der Waals surface area contributed by atoms with Gasteiger partial charge in [-0.1, -0.05) is 13.0 Å². The Morgan fingerprint density at radius 2 is 2.21 bits per heavy atom. The molecule has 0 bridgehead atoms. The molecule has 104 valence electrons. The predicted octanol–water partition coefficient (Wildman–Crippen LogP) is 3.18. The lowest BCUT2D eigenvalue weighted by Crippen LogP contribution is -2.21. The molecule has 0 radical (unpaired) electrons. The average Bonchev–Trinajstić information content (AvgIpc) is 2.40. The fourth-order valence-electron chi connectivity index (χ4n) is 1.72. The van der Waals surface area contributed by atoms with E-state index in [4.69, 9.17) is 15.7 Å². The van der Waals surface area contributed by atoms with Crippen molar-refractivity contribution in [3.8, 4) is 11.8 Å². The van der Waals surface area contributed by atoms with Gasteiger partial charge in [0.1, 0.15) is 0 Å². The SMILES string of the molecule is CCC(N)Cc1ccc(OCCCCC#N)c(F)c1. The second-order valence-corrected chi connectivity index (χ2v) is 4.60. The van der Waals surface area contributed by atoms with E-state index in [9.17, 15) is 4.39 Å². The van der Waals surface area contributed by atoms with Gasteiger partial charge in [0, 0.05) is 12.5 Å². The highest BCUT2D eigenvalue weighted by Gasteiger charge is 2.07. The molecule has 0 saturated carbocycles. The van der Waals surface area contributed by atoms with Gasteiger partial charge in [0.05, 0.1) is 12.7 Å². The Morgan fingerprint density at radius 3 is 2.84 bits per heavy atom.